The highest BCUT2D eigenvalue weighted by Crippen LogP contribution is 2.44. The van der Waals surface area contributed by atoms with Gasteiger partial charge in [-0.05, 0) is 110 Å². The predicted octanol–water partition coefficient (Wildman–Crippen LogP) is 16.4. The molecule has 0 radical (unpaired) electrons. The van der Waals surface area contributed by atoms with Crippen molar-refractivity contribution in [3.05, 3.63) is 112 Å². The molecule has 0 spiro atoms. The number of aromatic nitrogens is 4. The molecule has 3 aromatic heterocycles. The van der Waals surface area contributed by atoms with Gasteiger partial charge in [-0.2, -0.15) is 0 Å². The lowest BCUT2D eigenvalue weighted by molar-refractivity contribution is 0.557. The van der Waals surface area contributed by atoms with Crippen molar-refractivity contribution < 1.29 is 0 Å². The summed E-state index contributed by atoms with van der Waals surface area (Å²) in [5.74, 6) is 0.690. The molecule has 2 aliphatic rings. The summed E-state index contributed by atoms with van der Waals surface area (Å²) in [6, 6.07) is 21.6. The van der Waals surface area contributed by atoms with Crippen LogP contribution < -0.4 is 0 Å². The van der Waals surface area contributed by atoms with Crippen LogP contribution in [0.5, 0.6) is 0 Å². The second-order valence-electron chi connectivity index (χ2n) is 14.3. The molecule has 2 aliphatic heterocycles. The Hall–Kier alpha value is -3.04. The fraction of sp³-hybridized carbons (Fsp3) is 0.304. The minimum absolute atomic E-state index is 0.321. The van der Waals surface area contributed by atoms with Gasteiger partial charge in [-0.25, -0.2) is 9.97 Å². The van der Waals surface area contributed by atoms with Gasteiger partial charge in [-0.15, -0.1) is 0 Å². The molecule has 0 fully saturated rings. The maximum Gasteiger partial charge on any atom is 0.0737 e. The predicted molar refractivity (Wildman–Crippen MR) is 246 cm³/mol. The maximum atomic E-state index is 5.53. The Labute approximate surface area is 352 Å². The highest BCUT2D eigenvalue weighted by atomic mass is 79.9. The Morgan fingerprint density at radius 3 is 1.13 bits per heavy atom. The number of hydrogen-bond donors (Lipinski definition) is 2. The lowest BCUT2D eigenvalue weighted by atomic mass is 9.88. The van der Waals surface area contributed by atoms with Crippen LogP contribution >= 0.6 is 63.7 Å². The second-order valence-corrected chi connectivity index (χ2v) is 17.7. The standard InChI is InChI=1S/C46H46Br4N4/c1-5-11-27(12-6-2)41-33-19-23-37(51-33)45(43-29(47)15-9-16-30(43)48)39-25-21-35(53-39)42(28(13-7-3)14-8-4)36-22-26-40(54-36)46(38-24-20-34(41)52-38)44-31(49)17-10-18-32(44)50/h9-10,15-28,51-52H,5-8,11-14H2,1-4H3. The van der Waals surface area contributed by atoms with Crippen LogP contribution in [-0.2, 0) is 0 Å². The molecule has 54 heavy (non-hydrogen) atoms. The van der Waals surface area contributed by atoms with Crippen LogP contribution in [0.3, 0.4) is 0 Å². The lowest BCUT2D eigenvalue weighted by Gasteiger charge is -2.18. The van der Waals surface area contributed by atoms with Crippen LogP contribution in [0.25, 0.3) is 68.6 Å². The zero-order valence-electron chi connectivity index (χ0n) is 31.3. The molecule has 8 bridgehead atoms. The molecule has 5 aromatic rings. The molecule has 0 aliphatic carbocycles. The molecule has 2 aromatic carbocycles. The number of rotatable bonds is 12. The number of H-pyrrole nitrogens is 2. The SMILES string of the molecule is CCCC(CCC)c1c2nc(c(-c3c(Br)cccc3Br)c3ccc([nH]3)c(C(CCC)CCC)c3ccc([nH]3)c(-c3c(Br)cccc3Br)c3nc1C=C3)C=C2. The zero-order chi connectivity index (χ0) is 37.9. The van der Waals surface area contributed by atoms with Gasteiger partial charge in [0.1, 0.15) is 0 Å². The van der Waals surface area contributed by atoms with E-state index in [-0.39, 0.29) is 0 Å². The van der Waals surface area contributed by atoms with E-state index in [4.69, 9.17) is 9.97 Å². The van der Waals surface area contributed by atoms with Crippen molar-refractivity contribution in [2.24, 2.45) is 0 Å². The van der Waals surface area contributed by atoms with Gasteiger partial charge in [-0.1, -0.05) is 129 Å². The van der Waals surface area contributed by atoms with Gasteiger partial charge in [0.15, 0.2) is 0 Å². The summed E-state index contributed by atoms with van der Waals surface area (Å²) in [5.41, 5.74) is 14.9. The molecule has 0 amide bonds. The number of fused-ring (bicyclic) bond motifs is 8. The molecule has 0 saturated heterocycles. The normalized spacial score (nSPS) is 12.5. The largest absolute Gasteiger partial charge is 0.355 e. The fourth-order valence-electron chi connectivity index (χ4n) is 8.37. The number of halogens is 4. The van der Waals surface area contributed by atoms with Gasteiger partial charge in [-0.3, -0.25) is 0 Å². The third-order valence-corrected chi connectivity index (χ3v) is 13.3. The number of aromatic amines is 2. The molecular formula is C46H46Br4N4. The fourth-order valence-corrected chi connectivity index (χ4v) is 11.2. The topological polar surface area (TPSA) is 57.4 Å². The average Bonchev–Trinajstić information content (AvgIpc) is 3.98. The van der Waals surface area contributed by atoms with Gasteiger partial charge in [0, 0.05) is 73.3 Å². The molecule has 0 unspecified atom stereocenters. The van der Waals surface area contributed by atoms with Gasteiger partial charge in [0.05, 0.1) is 22.8 Å². The Bertz CT molecular complexity index is 2220. The first-order chi connectivity index (χ1) is 26.3. The first-order valence-corrected chi connectivity index (χ1v) is 22.5. The Kier molecular flexibility index (Phi) is 12.6. The van der Waals surface area contributed by atoms with E-state index in [0.717, 1.165) is 136 Å². The molecule has 278 valence electrons. The molecule has 0 saturated carbocycles. The molecule has 5 heterocycles. The highest BCUT2D eigenvalue weighted by Gasteiger charge is 2.25. The van der Waals surface area contributed by atoms with Gasteiger partial charge in [0.2, 0.25) is 0 Å². The van der Waals surface area contributed by atoms with E-state index in [1.54, 1.807) is 0 Å². The Balaban J connectivity index is 1.72. The molecule has 2 N–H and O–H groups in total. The van der Waals surface area contributed by atoms with E-state index in [2.05, 4.69) is 186 Å². The van der Waals surface area contributed by atoms with Crippen molar-refractivity contribution in [2.75, 3.05) is 0 Å². The van der Waals surface area contributed by atoms with Crippen LogP contribution in [-0.4, -0.2) is 19.9 Å². The van der Waals surface area contributed by atoms with Crippen molar-refractivity contribution in [2.45, 2.75) is 90.9 Å². The van der Waals surface area contributed by atoms with E-state index in [1.807, 2.05) is 0 Å². The lowest BCUT2D eigenvalue weighted by Crippen LogP contribution is -2.04. The summed E-state index contributed by atoms with van der Waals surface area (Å²) in [6.07, 6.45) is 17.5. The summed E-state index contributed by atoms with van der Waals surface area (Å²) in [5, 5.41) is 0. The minimum atomic E-state index is 0.321. The smallest absolute Gasteiger partial charge is 0.0737 e. The number of nitrogens with zero attached hydrogens (tertiary/aromatic N) is 2. The summed E-state index contributed by atoms with van der Waals surface area (Å²) in [4.78, 5) is 19.0. The zero-order valence-corrected chi connectivity index (χ0v) is 37.6. The number of nitrogens with one attached hydrogen (secondary N) is 2. The number of benzene rings is 2. The van der Waals surface area contributed by atoms with E-state index >= 15 is 0 Å². The van der Waals surface area contributed by atoms with Crippen molar-refractivity contribution in [1.29, 1.82) is 0 Å². The van der Waals surface area contributed by atoms with Crippen LogP contribution in [0.4, 0.5) is 0 Å². The van der Waals surface area contributed by atoms with E-state index in [1.165, 1.54) is 11.1 Å². The van der Waals surface area contributed by atoms with Crippen LogP contribution in [0, 0.1) is 0 Å². The highest BCUT2D eigenvalue weighted by molar-refractivity contribution is 9.11. The van der Waals surface area contributed by atoms with E-state index in [9.17, 15) is 0 Å². The molecule has 8 heteroatoms. The third kappa shape index (κ3) is 7.70. The monoisotopic (exact) mass is 970 g/mol. The first-order valence-electron chi connectivity index (χ1n) is 19.3. The van der Waals surface area contributed by atoms with Crippen molar-refractivity contribution in [1.82, 2.24) is 19.9 Å². The molecule has 0 atom stereocenters. The molecule has 7 rings (SSSR count). The summed E-state index contributed by atoms with van der Waals surface area (Å²) in [6.45, 7) is 9.14. The minimum Gasteiger partial charge on any atom is -0.355 e. The van der Waals surface area contributed by atoms with Gasteiger partial charge in [0.25, 0.3) is 0 Å². The molecular weight excluding hydrogens is 928 g/mol. The second kappa shape index (κ2) is 17.4. The van der Waals surface area contributed by atoms with Gasteiger partial charge < -0.3 is 9.97 Å². The van der Waals surface area contributed by atoms with Crippen molar-refractivity contribution in [3.63, 3.8) is 0 Å². The van der Waals surface area contributed by atoms with Gasteiger partial charge >= 0.3 is 0 Å². The summed E-state index contributed by atoms with van der Waals surface area (Å²) < 4.78 is 4.05. The van der Waals surface area contributed by atoms with Crippen LogP contribution in [0.1, 0.15) is 125 Å². The Morgan fingerprint density at radius 1 is 0.426 bits per heavy atom. The summed E-state index contributed by atoms with van der Waals surface area (Å²) >= 11 is 15.7. The first kappa shape index (κ1) is 39.2. The third-order valence-electron chi connectivity index (χ3n) is 10.6. The summed E-state index contributed by atoms with van der Waals surface area (Å²) in [7, 11) is 0. The molecule has 4 nitrogen and oxygen atoms in total. The van der Waals surface area contributed by atoms with Crippen LogP contribution in [0.15, 0.2) is 78.6 Å². The van der Waals surface area contributed by atoms with Crippen LogP contribution in [0.2, 0.25) is 0 Å². The average molecular weight is 975 g/mol. The van der Waals surface area contributed by atoms with E-state index in [0.29, 0.717) is 11.8 Å². The maximum absolute atomic E-state index is 5.53. The Morgan fingerprint density at radius 2 is 0.759 bits per heavy atom. The quantitative estimate of drug-likeness (QED) is 0.128. The van der Waals surface area contributed by atoms with Crippen molar-refractivity contribution >= 4 is 110 Å². The van der Waals surface area contributed by atoms with E-state index < -0.39 is 0 Å². The van der Waals surface area contributed by atoms with Crippen molar-refractivity contribution in [3.8, 4) is 22.3 Å². The number of hydrogen-bond acceptors (Lipinski definition) is 2.